The molecule has 0 saturated carbocycles. The molecule has 1 aliphatic heterocycles. The molecule has 29 heavy (non-hydrogen) atoms. The second-order valence-electron chi connectivity index (χ2n) is 6.68. The maximum atomic E-state index is 12.8. The number of hydrogen-bond acceptors (Lipinski definition) is 4. The quantitative estimate of drug-likeness (QED) is 0.358. The van der Waals surface area contributed by atoms with Crippen LogP contribution in [0.3, 0.4) is 0 Å². The van der Waals surface area contributed by atoms with Gasteiger partial charge in [-0.15, -0.1) is 0 Å². The topological polar surface area (TPSA) is 110 Å². The van der Waals surface area contributed by atoms with Crippen molar-refractivity contribution in [2.45, 2.75) is 18.9 Å². The molecule has 3 aromatic rings. The van der Waals surface area contributed by atoms with Crippen LogP contribution in [0.2, 0.25) is 10.0 Å². The number of nitrogens with zero attached hydrogens (tertiary/aromatic N) is 2. The van der Waals surface area contributed by atoms with Crippen molar-refractivity contribution in [2.24, 2.45) is 5.73 Å². The number of amides is 1. The first-order valence-electron chi connectivity index (χ1n) is 8.93. The number of rotatable bonds is 3. The number of nitrogens with one attached hydrogen (secondary N) is 3. The smallest absolute Gasteiger partial charge is 0.286 e. The minimum atomic E-state index is -0.454. The number of aromatic amines is 1. The first-order valence-corrected chi connectivity index (χ1v) is 10.1. The summed E-state index contributed by atoms with van der Waals surface area (Å²) in [6, 6.07) is 3.67. The van der Waals surface area contributed by atoms with Gasteiger partial charge in [-0.25, -0.2) is 0 Å². The first kappa shape index (κ1) is 20.0. The molecule has 2 aromatic heterocycles. The second-order valence-corrected chi connectivity index (χ2v) is 7.91. The van der Waals surface area contributed by atoms with Crippen LogP contribution in [0.1, 0.15) is 29.4 Å². The van der Waals surface area contributed by atoms with Gasteiger partial charge in [0.25, 0.3) is 5.91 Å². The van der Waals surface area contributed by atoms with Crippen molar-refractivity contribution in [3.8, 4) is 11.1 Å². The van der Waals surface area contributed by atoms with Gasteiger partial charge in [-0.2, -0.15) is 5.10 Å². The standard InChI is InChI=1S/C18H18Cl2N6O2S/c19-12-4-3-11-13(9-6-22-26(7-9)10-2-1-5-28-8-10)16(23-15(11)14(12)20)17(27)24-25-18(21)29/h3-4,6-7,10,23H,1-2,5,8H2,(H,24,27)(H3,21,25,29). The zero-order valence-corrected chi connectivity index (χ0v) is 17.5. The van der Waals surface area contributed by atoms with Crippen molar-refractivity contribution < 1.29 is 9.53 Å². The minimum Gasteiger partial charge on any atom is -0.379 e. The van der Waals surface area contributed by atoms with Gasteiger partial charge >= 0.3 is 0 Å². The molecule has 1 fully saturated rings. The van der Waals surface area contributed by atoms with Crippen molar-refractivity contribution in [3.05, 3.63) is 40.3 Å². The van der Waals surface area contributed by atoms with Crippen LogP contribution in [0.15, 0.2) is 24.5 Å². The summed E-state index contributed by atoms with van der Waals surface area (Å²) in [5.41, 5.74) is 12.6. The summed E-state index contributed by atoms with van der Waals surface area (Å²) in [5.74, 6) is -0.454. The zero-order chi connectivity index (χ0) is 20.5. The monoisotopic (exact) mass is 452 g/mol. The molecule has 11 heteroatoms. The van der Waals surface area contributed by atoms with Crippen LogP contribution in [-0.4, -0.2) is 39.0 Å². The molecule has 1 amide bonds. The highest BCUT2D eigenvalue weighted by molar-refractivity contribution is 7.80. The average Bonchev–Trinajstić information content (AvgIpc) is 3.34. The number of benzene rings is 1. The fourth-order valence-electron chi connectivity index (χ4n) is 3.45. The van der Waals surface area contributed by atoms with E-state index in [1.807, 2.05) is 16.9 Å². The summed E-state index contributed by atoms with van der Waals surface area (Å²) in [7, 11) is 0. The highest BCUT2D eigenvalue weighted by Crippen LogP contribution is 2.38. The third kappa shape index (κ3) is 3.91. The lowest BCUT2D eigenvalue weighted by Crippen LogP contribution is -2.44. The Morgan fingerprint density at radius 3 is 2.93 bits per heavy atom. The second kappa shape index (κ2) is 8.19. The van der Waals surface area contributed by atoms with E-state index in [1.165, 1.54) is 0 Å². The molecule has 0 aliphatic carbocycles. The van der Waals surface area contributed by atoms with E-state index in [0.717, 1.165) is 30.4 Å². The summed E-state index contributed by atoms with van der Waals surface area (Å²) in [6.45, 7) is 1.38. The molecular formula is C18H18Cl2N6O2S. The highest BCUT2D eigenvalue weighted by Gasteiger charge is 2.24. The molecular weight excluding hydrogens is 435 g/mol. The van der Waals surface area contributed by atoms with Crippen LogP contribution in [0.5, 0.6) is 0 Å². The van der Waals surface area contributed by atoms with Crippen LogP contribution in [0.4, 0.5) is 0 Å². The SMILES string of the molecule is NC(=S)NNC(=O)c1[nH]c2c(Cl)c(Cl)ccc2c1-c1cnn(C2CCCOC2)c1. The van der Waals surface area contributed by atoms with Crippen molar-refractivity contribution in [1.82, 2.24) is 25.6 Å². The molecule has 1 aliphatic rings. The Kier molecular flexibility index (Phi) is 5.64. The number of thiocarbonyl (C=S) groups is 1. The molecule has 4 rings (SSSR count). The van der Waals surface area contributed by atoms with Crippen LogP contribution >= 0.6 is 35.4 Å². The van der Waals surface area contributed by atoms with Gasteiger partial charge in [-0.05, 0) is 31.1 Å². The summed E-state index contributed by atoms with van der Waals surface area (Å²) < 4.78 is 7.43. The lowest BCUT2D eigenvalue weighted by atomic mass is 10.0. The van der Waals surface area contributed by atoms with Crippen molar-refractivity contribution in [3.63, 3.8) is 0 Å². The van der Waals surface area contributed by atoms with Gasteiger partial charge in [-0.1, -0.05) is 29.3 Å². The predicted molar refractivity (Wildman–Crippen MR) is 116 cm³/mol. The molecule has 1 unspecified atom stereocenters. The fourth-order valence-corrected chi connectivity index (χ4v) is 3.87. The summed E-state index contributed by atoms with van der Waals surface area (Å²) in [4.78, 5) is 15.8. The third-order valence-electron chi connectivity index (χ3n) is 4.79. The van der Waals surface area contributed by atoms with Crippen LogP contribution < -0.4 is 16.6 Å². The molecule has 152 valence electrons. The Labute approximate surface area is 181 Å². The van der Waals surface area contributed by atoms with E-state index in [-0.39, 0.29) is 16.8 Å². The van der Waals surface area contributed by atoms with Crippen molar-refractivity contribution in [1.29, 1.82) is 0 Å². The largest absolute Gasteiger partial charge is 0.379 e. The summed E-state index contributed by atoms with van der Waals surface area (Å²) >= 11 is 17.3. The van der Waals surface area contributed by atoms with E-state index in [9.17, 15) is 4.79 Å². The first-order chi connectivity index (χ1) is 14.0. The molecule has 0 bridgehead atoms. The Balaban J connectivity index is 1.80. The van der Waals surface area contributed by atoms with Crippen LogP contribution in [-0.2, 0) is 4.74 Å². The predicted octanol–water partition coefficient (Wildman–Crippen LogP) is 3.17. The number of fused-ring (bicyclic) bond motifs is 1. The molecule has 8 nitrogen and oxygen atoms in total. The number of nitrogens with two attached hydrogens (primary N) is 1. The van der Waals surface area contributed by atoms with E-state index in [2.05, 4.69) is 20.9 Å². The number of carbonyl (C=O) groups is 1. The normalized spacial score (nSPS) is 16.7. The fraction of sp³-hybridized carbons (Fsp3) is 0.278. The lowest BCUT2D eigenvalue weighted by molar-refractivity contribution is 0.0549. The van der Waals surface area contributed by atoms with Crippen molar-refractivity contribution >= 4 is 57.3 Å². The van der Waals surface area contributed by atoms with Gasteiger partial charge in [-0.3, -0.25) is 20.3 Å². The minimum absolute atomic E-state index is 0.0535. The van der Waals surface area contributed by atoms with E-state index < -0.39 is 5.91 Å². The molecule has 0 radical (unpaired) electrons. The van der Waals surface area contributed by atoms with E-state index >= 15 is 0 Å². The van der Waals surface area contributed by atoms with E-state index in [4.69, 9.17) is 45.9 Å². The van der Waals surface area contributed by atoms with E-state index in [0.29, 0.717) is 27.7 Å². The Hall–Kier alpha value is -2.33. The lowest BCUT2D eigenvalue weighted by Gasteiger charge is -2.22. The Bertz CT molecular complexity index is 1090. The summed E-state index contributed by atoms with van der Waals surface area (Å²) in [5, 5.41) is 5.91. The number of aromatic nitrogens is 3. The number of ether oxygens (including phenoxy) is 1. The Morgan fingerprint density at radius 1 is 1.38 bits per heavy atom. The number of H-pyrrole nitrogens is 1. The van der Waals surface area contributed by atoms with Gasteiger partial charge in [0.05, 0.1) is 34.4 Å². The number of hydrazine groups is 1. The maximum Gasteiger partial charge on any atom is 0.286 e. The highest BCUT2D eigenvalue weighted by atomic mass is 35.5. The van der Waals surface area contributed by atoms with Crippen LogP contribution in [0.25, 0.3) is 22.0 Å². The van der Waals surface area contributed by atoms with Gasteiger partial charge in [0, 0.05) is 29.3 Å². The third-order valence-corrected chi connectivity index (χ3v) is 5.70. The number of halogens is 2. The zero-order valence-electron chi connectivity index (χ0n) is 15.2. The molecule has 1 aromatic carbocycles. The number of hydrogen-bond donors (Lipinski definition) is 4. The molecule has 3 heterocycles. The number of carbonyl (C=O) groups excluding carboxylic acids is 1. The molecule has 1 atom stereocenters. The van der Waals surface area contributed by atoms with Gasteiger partial charge in [0.15, 0.2) is 5.11 Å². The Morgan fingerprint density at radius 2 is 2.21 bits per heavy atom. The van der Waals surface area contributed by atoms with Crippen molar-refractivity contribution in [2.75, 3.05) is 13.2 Å². The molecule has 5 N–H and O–H groups in total. The molecule has 1 saturated heterocycles. The van der Waals surface area contributed by atoms with E-state index in [1.54, 1.807) is 12.3 Å². The maximum absolute atomic E-state index is 12.8. The summed E-state index contributed by atoms with van der Waals surface area (Å²) in [6.07, 6.45) is 5.60. The molecule has 0 spiro atoms. The average molecular weight is 453 g/mol. The van der Waals surface area contributed by atoms with Gasteiger partial charge in [0.2, 0.25) is 0 Å². The van der Waals surface area contributed by atoms with Gasteiger partial charge in [0.1, 0.15) is 5.69 Å². The van der Waals surface area contributed by atoms with Crippen LogP contribution in [0, 0.1) is 0 Å². The van der Waals surface area contributed by atoms with Gasteiger partial charge < -0.3 is 15.5 Å².